The van der Waals surface area contributed by atoms with Crippen LogP contribution in [0.2, 0.25) is 0 Å². The maximum absolute atomic E-state index is 6.53. The molecule has 0 fully saturated rings. The van der Waals surface area contributed by atoms with Crippen LogP contribution in [0.4, 0.5) is 0 Å². The summed E-state index contributed by atoms with van der Waals surface area (Å²) in [7, 11) is 0. The zero-order valence-corrected chi connectivity index (χ0v) is 3.20. The molecule has 5 heavy (non-hydrogen) atoms. The van der Waals surface area contributed by atoms with Gasteiger partial charge in [-0.15, -0.1) is 6.58 Å². The molecule has 0 aromatic carbocycles. The van der Waals surface area contributed by atoms with Gasteiger partial charge in [-0.3, -0.25) is 5.73 Å². The molecule has 0 spiro atoms. The molecule has 0 aromatic heterocycles. The van der Waals surface area contributed by atoms with Gasteiger partial charge in [0, 0.05) is 6.54 Å². The normalized spacial score (nSPS) is 7.40. The summed E-state index contributed by atoms with van der Waals surface area (Å²) < 4.78 is 0. The maximum atomic E-state index is 6.53. The molecule has 0 atom stereocenters. The third-order valence-corrected chi connectivity index (χ3v) is 0.348. The van der Waals surface area contributed by atoms with E-state index in [0.717, 1.165) is 6.42 Å². The van der Waals surface area contributed by atoms with E-state index in [1.807, 2.05) is 0 Å². The standard InChI is InChI=1S/C4H8N/c1-2-3-4-5/h2,5H,1,3-4H2. The summed E-state index contributed by atoms with van der Waals surface area (Å²) in [6, 6.07) is 0. The predicted octanol–water partition coefficient (Wildman–Crippen LogP) is 0.845. The third kappa shape index (κ3) is 3.70. The van der Waals surface area contributed by atoms with Crippen LogP contribution < -0.4 is 5.73 Å². The smallest absolute Gasteiger partial charge is 0.0134 e. The average molecular weight is 70.1 g/mol. The van der Waals surface area contributed by atoms with Crippen molar-refractivity contribution in [2.45, 2.75) is 6.42 Å². The van der Waals surface area contributed by atoms with Gasteiger partial charge in [-0.1, -0.05) is 6.08 Å². The lowest BCUT2D eigenvalue weighted by Crippen LogP contribution is -1.76. The van der Waals surface area contributed by atoms with Gasteiger partial charge in [-0.25, -0.2) is 0 Å². The molecule has 0 aliphatic heterocycles. The molecule has 29 valence electrons. The number of hydrogen-bond acceptors (Lipinski definition) is 0. The highest BCUT2D eigenvalue weighted by Crippen LogP contribution is 1.68. The highest BCUT2D eigenvalue weighted by molar-refractivity contribution is 4.64. The molecule has 1 heteroatoms. The van der Waals surface area contributed by atoms with Gasteiger partial charge in [0.05, 0.1) is 0 Å². The average Bonchev–Trinajstić information content (AvgIpc) is 1.41. The maximum Gasteiger partial charge on any atom is 0.0134 e. The van der Waals surface area contributed by atoms with Gasteiger partial charge in [-0.05, 0) is 6.42 Å². The molecule has 1 nitrogen and oxygen atoms in total. The van der Waals surface area contributed by atoms with Gasteiger partial charge in [0.25, 0.3) is 0 Å². The topological polar surface area (TPSA) is 23.8 Å². The van der Waals surface area contributed by atoms with E-state index < -0.39 is 0 Å². The summed E-state index contributed by atoms with van der Waals surface area (Å²) in [5.41, 5.74) is 6.53. The van der Waals surface area contributed by atoms with Gasteiger partial charge >= 0.3 is 0 Å². The van der Waals surface area contributed by atoms with Crippen LogP contribution in [0.25, 0.3) is 0 Å². The van der Waals surface area contributed by atoms with Crippen LogP contribution in [0, 0.1) is 0 Å². The lowest BCUT2D eigenvalue weighted by atomic mass is 10.4. The molecule has 0 amide bonds. The van der Waals surface area contributed by atoms with E-state index in [2.05, 4.69) is 6.58 Å². The predicted molar refractivity (Wildman–Crippen MR) is 22.8 cm³/mol. The zero-order valence-electron chi connectivity index (χ0n) is 3.20. The van der Waals surface area contributed by atoms with E-state index in [9.17, 15) is 0 Å². The monoisotopic (exact) mass is 70.1 g/mol. The minimum Gasteiger partial charge on any atom is -0.258 e. The summed E-state index contributed by atoms with van der Waals surface area (Å²) in [5, 5.41) is 0. The molecule has 0 saturated carbocycles. The molecule has 0 unspecified atom stereocenters. The SMILES string of the molecule is C=CCC[NH]. The van der Waals surface area contributed by atoms with Gasteiger partial charge in [0.15, 0.2) is 0 Å². The van der Waals surface area contributed by atoms with Crippen LogP contribution in [-0.2, 0) is 0 Å². The van der Waals surface area contributed by atoms with Crippen LogP contribution in [0.15, 0.2) is 12.7 Å². The summed E-state index contributed by atoms with van der Waals surface area (Å²) in [6.07, 6.45) is 2.56. The van der Waals surface area contributed by atoms with Crippen molar-refractivity contribution in [3.8, 4) is 0 Å². The Morgan fingerprint density at radius 2 is 2.40 bits per heavy atom. The van der Waals surface area contributed by atoms with Gasteiger partial charge < -0.3 is 0 Å². The fraction of sp³-hybridized carbons (Fsp3) is 0.500. The van der Waals surface area contributed by atoms with Crippen molar-refractivity contribution in [3.05, 3.63) is 12.7 Å². The van der Waals surface area contributed by atoms with Crippen molar-refractivity contribution >= 4 is 0 Å². The van der Waals surface area contributed by atoms with E-state index in [1.165, 1.54) is 0 Å². The minimum absolute atomic E-state index is 0.476. The Kier molecular flexibility index (Phi) is 3.48. The fourth-order valence-electron chi connectivity index (χ4n) is 0.102. The lowest BCUT2D eigenvalue weighted by molar-refractivity contribution is 0.978. The van der Waals surface area contributed by atoms with E-state index in [-0.39, 0.29) is 0 Å². The highest BCUT2D eigenvalue weighted by Gasteiger charge is 1.62. The van der Waals surface area contributed by atoms with E-state index in [0.29, 0.717) is 6.54 Å². The third-order valence-electron chi connectivity index (χ3n) is 0.348. The minimum atomic E-state index is 0.476. The van der Waals surface area contributed by atoms with Crippen LogP contribution >= 0.6 is 0 Å². The Labute approximate surface area is 32.5 Å². The van der Waals surface area contributed by atoms with Crippen molar-refractivity contribution < 1.29 is 0 Å². The first-order chi connectivity index (χ1) is 2.41. The van der Waals surface area contributed by atoms with Gasteiger partial charge in [-0.2, -0.15) is 0 Å². The largest absolute Gasteiger partial charge is 0.258 e. The molecule has 0 aliphatic rings. The second kappa shape index (κ2) is 3.70. The lowest BCUT2D eigenvalue weighted by Gasteiger charge is -1.72. The van der Waals surface area contributed by atoms with Crippen molar-refractivity contribution in [1.29, 1.82) is 0 Å². The molecule has 0 aromatic rings. The molecule has 0 rings (SSSR count). The fourth-order valence-corrected chi connectivity index (χ4v) is 0.102. The van der Waals surface area contributed by atoms with E-state index in [4.69, 9.17) is 5.73 Å². The highest BCUT2D eigenvalue weighted by atomic mass is 14.5. The van der Waals surface area contributed by atoms with E-state index >= 15 is 0 Å². The second-order valence-electron chi connectivity index (χ2n) is 0.827. The Hall–Kier alpha value is -0.300. The Balaban J connectivity index is 2.40. The zero-order chi connectivity index (χ0) is 4.12. The Morgan fingerprint density at radius 3 is 2.40 bits per heavy atom. The molecule has 1 N–H and O–H groups in total. The quantitative estimate of drug-likeness (QED) is 0.430. The summed E-state index contributed by atoms with van der Waals surface area (Å²) in [5.74, 6) is 0. The number of hydrogen-bond donors (Lipinski definition) is 0. The first kappa shape index (κ1) is 4.70. The molecular weight excluding hydrogens is 62.1 g/mol. The van der Waals surface area contributed by atoms with Crippen LogP contribution in [0.3, 0.4) is 0 Å². The molecular formula is C4H8N. The number of nitrogens with one attached hydrogen (secondary N) is 1. The van der Waals surface area contributed by atoms with Crippen molar-refractivity contribution in [3.63, 3.8) is 0 Å². The Bertz CT molecular complexity index is 24.8. The molecule has 1 radical (unpaired) electrons. The second-order valence-corrected chi connectivity index (χ2v) is 0.827. The van der Waals surface area contributed by atoms with Crippen molar-refractivity contribution in [1.82, 2.24) is 5.73 Å². The van der Waals surface area contributed by atoms with Gasteiger partial charge in [0.1, 0.15) is 0 Å². The first-order valence-corrected chi connectivity index (χ1v) is 1.67. The van der Waals surface area contributed by atoms with Crippen LogP contribution in [-0.4, -0.2) is 6.54 Å². The first-order valence-electron chi connectivity index (χ1n) is 1.67. The van der Waals surface area contributed by atoms with Gasteiger partial charge in [0.2, 0.25) is 0 Å². The molecule has 0 aliphatic carbocycles. The summed E-state index contributed by atoms with van der Waals surface area (Å²) in [4.78, 5) is 0. The van der Waals surface area contributed by atoms with Crippen molar-refractivity contribution in [2.24, 2.45) is 0 Å². The molecule has 0 saturated heterocycles. The number of rotatable bonds is 2. The Morgan fingerprint density at radius 1 is 1.80 bits per heavy atom. The summed E-state index contributed by atoms with van der Waals surface area (Å²) >= 11 is 0. The molecule has 0 heterocycles. The van der Waals surface area contributed by atoms with Crippen LogP contribution in [0.1, 0.15) is 6.42 Å². The summed E-state index contributed by atoms with van der Waals surface area (Å²) in [6.45, 7) is 3.91. The van der Waals surface area contributed by atoms with E-state index in [1.54, 1.807) is 6.08 Å². The van der Waals surface area contributed by atoms with Crippen LogP contribution in [0.5, 0.6) is 0 Å². The molecule has 0 bridgehead atoms. The van der Waals surface area contributed by atoms with Crippen molar-refractivity contribution in [2.75, 3.05) is 6.54 Å².